The minimum absolute atomic E-state index is 0.0357. The summed E-state index contributed by atoms with van der Waals surface area (Å²) in [7, 11) is 1.73. The van der Waals surface area contributed by atoms with Gasteiger partial charge in [0.2, 0.25) is 11.9 Å². The Hall–Kier alpha value is -3.43. The van der Waals surface area contributed by atoms with Gasteiger partial charge in [0.05, 0.1) is 6.61 Å². The first-order valence-electron chi connectivity index (χ1n) is 11.7. The number of hydrogen-bond acceptors (Lipinski definition) is 9. The average Bonchev–Trinajstić information content (AvgIpc) is 2.88. The number of aryl methyl sites for hydroxylation is 1. The number of Topliss-reactive ketones (excluding diaryl/α,β-unsaturated/α-hetero) is 1. The summed E-state index contributed by atoms with van der Waals surface area (Å²) in [6, 6.07) is 13.2. The number of carbonyl (C=O) groups excluding carboxylic acids is 1. The van der Waals surface area contributed by atoms with Crippen molar-refractivity contribution in [2.75, 3.05) is 56.7 Å². The summed E-state index contributed by atoms with van der Waals surface area (Å²) >= 11 is 0. The predicted molar refractivity (Wildman–Crippen MR) is 132 cm³/mol. The Balaban J connectivity index is 1.45. The van der Waals surface area contributed by atoms with Gasteiger partial charge in [-0.15, -0.1) is 0 Å². The highest BCUT2D eigenvalue weighted by atomic mass is 16.5. The standard InChI is InChI=1S/C25H31N7O2/c1-3-22-27-24(30-25(29-22)32-13-11-31(12-14-32)15-16-34-2)28-23-18-20(9-10-26-23)21(33)17-19-7-5-4-6-8-19/h4-10,18H,3,11-17H2,1-2H3,(H,26,27,28,29,30). The molecule has 0 aliphatic carbocycles. The topological polar surface area (TPSA) is 96.4 Å². The SMILES string of the molecule is CCc1nc(Nc2cc(C(=O)Cc3ccccc3)ccn2)nc(N2CCN(CCOC)CC2)n1. The molecule has 0 atom stereocenters. The van der Waals surface area contributed by atoms with Crippen LogP contribution in [0, 0.1) is 0 Å². The number of nitrogens with one attached hydrogen (secondary N) is 1. The Bertz CT molecular complexity index is 1090. The van der Waals surface area contributed by atoms with Crippen molar-refractivity contribution in [2.24, 2.45) is 0 Å². The average molecular weight is 462 g/mol. The summed E-state index contributed by atoms with van der Waals surface area (Å²) in [4.78, 5) is 35.5. The Morgan fingerprint density at radius 3 is 2.59 bits per heavy atom. The van der Waals surface area contributed by atoms with Crippen molar-refractivity contribution < 1.29 is 9.53 Å². The highest BCUT2D eigenvalue weighted by molar-refractivity contribution is 5.98. The Kier molecular flexibility index (Phi) is 8.11. The molecule has 1 fully saturated rings. The summed E-state index contributed by atoms with van der Waals surface area (Å²) in [6.07, 6.45) is 2.67. The molecule has 1 saturated heterocycles. The highest BCUT2D eigenvalue weighted by Gasteiger charge is 2.20. The molecule has 0 bridgehead atoms. The van der Waals surface area contributed by atoms with Gasteiger partial charge in [-0.3, -0.25) is 9.69 Å². The lowest BCUT2D eigenvalue weighted by Crippen LogP contribution is -2.48. The summed E-state index contributed by atoms with van der Waals surface area (Å²) < 4.78 is 5.19. The number of pyridine rings is 1. The Morgan fingerprint density at radius 2 is 1.85 bits per heavy atom. The van der Waals surface area contributed by atoms with E-state index in [1.54, 1.807) is 25.4 Å². The van der Waals surface area contributed by atoms with Crippen molar-refractivity contribution in [3.63, 3.8) is 0 Å². The van der Waals surface area contributed by atoms with Crippen LogP contribution in [0.1, 0.15) is 28.7 Å². The first kappa shape index (κ1) is 23.7. The monoisotopic (exact) mass is 461 g/mol. The molecule has 1 aliphatic rings. The molecule has 34 heavy (non-hydrogen) atoms. The third-order valence-electron chi connectivity index (χ3n) is 5.78. The van der Waals surface area contributed by atoms with Crippen molar-refractivity contribution in [1.82, 2.24) is 24.8 Å². The van der Waals surface area contributed by atoms with Crippen LogP contribution in [0.4, 0.5) is 17.7 Å². The summed E-state index contributed by atoms with van der Waals surface area (Å²) in [6.45, 7) is 7.25. The van der Waals surface area contributed by atoms with Gasteiger partial charge < -0.3 is 15.0 Å². The first-order valence-corrected chi connectivity index (χ1v) is 11.7. The van der Waals surface area contributed by atoms with Crippen LogP contribution in [-0.4, -0.2) is 77.1 Å². The smallest absolute Gasteiger partial charge is 0.233 e. The zero-order valence-corrected chi connectivity index (χ0v) is 19.8. The van der Waals surface area contributed by atoms with Gasteiger partial charge in [0, 0.05) is 64.4 Å². The van der Waals surface area contributed by atoms with Crippen LogP contribution in [0.5, 0.6) is 0 Å². The second kappa shape index (κ2) is 11.6. The maximum atomic E-state index is 12.8. The van der Waals surface area contributed by atoms with Gasteiger partial charge in [0.1, 0.15) is 11.6 Å². The third-order valence-corrected chi connectivity index (χ3v) is 5.78. The Morgan fingerprint density at radius 1 is 1.06 bits per heavy atom. The number of piperazine rings is 1. The molecule has 3 aromatic rings. The molecule has 0 radical (unpaired) electrons. The second-order valence-corrected chi connectivity index (χ2v) is 8.19. The maximum absolute atomic E-state index is 12.8. The predicted octanol–water partition coefficient (Wildman–Crippen LogP) is 2.77. The zero-order valence-electron chi connectivity index (χ0n) is 19.8. The molecule has 2 aromatic heterocycles. The molecule has 9 nitrogen and oxygen atoms in total. The van der Waals surface area contributed by atoms with Crippen LogP contribution >= 0.6 is 0 Å². The number of aromatic nitrogens is 4. The van der Waals surface area contributed by atoms with Gasteiger partial charge in [-0.05, 0) is 17.7 Å². The number of hydrogen-bond donors (Lipinski definition) is 1. The van der Waals surface area contributed by atoms with Gasteiger partial charge in [0.15, 0.2) is 5.78 Å². The number of benzene rings is 1. The lowest BCUT2D eigenvalue weighted by atomic mass is 10.0. The molecule has 0 spiro atoms. The minimum atomic E-state index is 0.0357. The van der Waals surface area contributed by atoms with E-state index in [0.717, 1.165) is 44.9 Å². The van der Waals surface area contributed by atoms with Gasteiger partial charge in [-0.25, -0.2) is 4.98 Å². The fraction of sp³-hybridized carbons (Fsp3) is 0.400. The number of methoxy groups -OCH3 is 1. The molecular formula is C25H31N7O2. The molecule has 178 valence electrons. The Labute approximate surface area is 200 Å². The molecular weight excluding hydrogens is 430 g/mol. The van der Waals surface area contributed by atoms with E-state index in [4.69, 9.17) is 4.74 Å². The lowest BCUT2D eigenvalue weighted by Gasteiger charge is -2.34. The van der Waals surface area contributed by atoms with Crippen molar-refractivity contribution >= 4 is 23.5 Å². The van der Waals surface area contributed by atoms with Gasteiger partial charge >= 0.3 is 0 Å². The fourth-order valence-corrected chi connectivity index (χ4v) is 3.82. The first-order chi connectivity index (χ1) is 16.6. The summed E-state index contributed by atoms with van der Waals surface area (Å²) in [5.41, 5.74) is 1.58. The molecule has 1 aromatic carbocycles. The van der Waals surface area contributed by atoms with Gasteiger partial charge in [0.25, 0.3) is 0 Å². The van der Waals surface area contributed by atoms with Crippen LogP contribution in [0.3, 0.4) is 0 Å². The van der Waals surface area contributed by atoms with Crippen molar-refractivity contribution in [1.29, 1.82) is 0 Å². The number of carbonyl (C=O) groups is 1. The molecule has 1 N–H and O–H groups in total. The van der Waals surface area contributed by atoms with Gasteiger partial charge in [-0.1, -0.05) is 37.3 Å². The summed E-state index contributed by atoms with van der Waals surface area (Å²) in [5.74, 6) is 2.38. The quantitative estimate of drug-likeness (QED) is 0.457. The molecule has 1 aliphatic heterocycles. The largest absolute Gasteiger partial charge is 0.383 e. The number of anilines is 3. The van der Waals surface area contributed by atoms with E-state index in [2.05, 4.69) is 35.1 Å². The van der Waals surface area contributed by atoms with Crippen molar-refractivity contribution in [2.45, 2.75) is 19.8 Å². The normalized spacial score (nSPS) is 14.2. The number of nitrogens with zero attached hydrogens (tertiary/aromatic N) is 6. The minimum Gasteiger partial charge on any atom is -0.383 e. The fourth-order valence-electron chi connectivity index (χ4n) is 3.82. The van der Waals surface area contributed by atoms with Crippen LogP contribution in [0.15, 0.2) is 48.7 Å². The number of ether oxygens (including phenoxy) is 1. The molecule has 3 heterocycles. The van der Waals surface area contributed by atoms with Crippen molar-refractivity contribution in [3.8, 4) is 0 Å². The van der Waals surface area contributed by atoms with Crippen LogP contribution in [0.2, 0.25) is 0 Å². The van der Waals surface area contributed by atoms with Gasteiger partial charge in [-0.2, -0.15) is 15.0 Å². The van der Waals surface area contributed by atoms with E-state index >= 15 is 0 Å². The van der Waals surface area contributed by atoms with E-state index in [1.165, 1.54) is 0 Å². The molecule has 4 rings (SSSR count). The molecule has 9 heteroatoms. The van der Waals surface area contributed by atoms with E-state index in [0.29, 0.717) is 41.9 Å². The summed E-state index contributed by atoms with van der Waals surface area (Å²) in [5, 5.41) is 3.17. The van der Waals surface area contributed by atoms with Crippen LogP contribution in [0.25, 0.3) is 0 Å². The maximum Gasteiger partial charge on any atom is 0.233 e. The zero-order chi connectivity index (χ0) is 23.8. The molecule has 0 saturated carbocycles. The van der Waals surface area contributed by atoms with Crippen LogP contribution in [-0.2, 0) is 17.6 Å². The van der Waals surface area contributed by atoms with E-state index in [-0.39, 0.29) is 5.78 Å². The highest BCUT2D eigenvalue weighted by Crippen LogP contribution is 2.18. The number of ketones is 1. The molecule has 0 amide bonds. The van der Waals surface area contributed by atoms with E-state index in [1.807, 2.05) is 37.3 Å². The molecule has 0 unspecified atom stereocenters. The second-order valence-electron chi connectivity index (χ2n) is 8.19. The van der Waals surface area contributed by atoms with Crippen LogP contribution < -0.4 is 10.2 Å². The van der Waals surface area contributed by atoms with Crippen molar-refractivity contribution in [3.05, 3.63) is 65.6 Å². The third kappa shape index (κ3) is 6.33. The van der Waals surface area contributed by atoms with E-state index < -0.39 is 0 Å². The number of rotatable bonds is 10. The lowest BCUT2D eigenvalue weighted by molar-refractivity contribution is 0.0993. The van der Waals surface area contributed by atoms with E-state index in [9.17, 15) is 4.79 Å².